The molecular weight excluding hydrogens is 230 g/mol. The van der Waals surface area contributed by atoms with Gasteiger partial charge in [-0.25, -0.2) is 0 Å². The van der Waals surface area contributed by atoms with Crippen molar-refractivity contribution in [3.05, 3.63) is 30.0 Å². The number of nitrogens with zero attached hydrogens (tertiary/aromatic N) is 1. The highest BCUT2D eigenvalue weighted by atomic mass is 16.2. The molecule has 0 aliphatic carbocycles. The summed E-state index contributed by atoms with van der Waals surface area (Å²) in [6.07, 6.45) is 1.41. The molecule has 2 N–H and O–H groups in total. The maximum absolute atomic E-state index is 11.2. The Hall–Kier alpha value is -2.17. The molecule has 0 saturated carbocycles. The van der Waals surface area contributed by atoms with E-state index in [1.165, 1.54) is 0 Å². The van der Waals surface area contributed by atoms with Crippen LogP contribution >= 0.6 is 0 Å². The van der Waals surface area contributed by atoms with Gasteiger partial charge in [0, 0.05) is 17.5 Å². The van der Waals surface area contributed by atoms with Crippen molar-refractivity contribution in [3.8, 4) is 0 Å². The van der Waals surface area contributed by atoms with Crippen LogP contribution in [0.3, 0.4) is 0 Å². The maximum atomic E-state index is 11.2. The first-order chi connectivity index (χ1) is 8.72. The number of carbonyl (C=O) groups excluding carboxylic acids is 2. The third-order valence-corrected chi connectivity index (χ3v) is 3.01. The molecule has 2 aromatic rings. The maximum Gasteiger partial charge on any atom is 0.226 e. The molecule has 94 valence electrons. The molecule has 1 heterocycles. The predicted octanol–water partition coefficient (Wildman–Crippen LogP) is 1.72. The summed E-state index contributed by atoms with van der Waals surface area (Å²) in [5.74, 6) is -0.0597. The first kappa shape index (κ1) is 12.3. The number of para-hydroxylation sites is 1. The molecule has 0 fully saturated rings. The van der Waals surface area contributed by atoms with Crippen molar-refractivity contribution in [3.63, 3.8) is 0 Å². The van der Waals surface area contributed by atoms with Gasteiger partial charge < -0.3 is 0 Å². The number of H-pyrrole nitrogens is 1. The quantitative estimate of drug-likeness (QED) is 0.787. The smallest absolute Gasteiger partial charge is 0.226 e. The van der Waals surface area contributed by atoms with Gasteiger partial charge in [-0.3, -0.25) is 20.0 Å². The topological polar surface area (TPSA) is 74.8 Å². The number of amides is 2. The van der Waals surface area contributed by atoms with Crippen molar-refractivity contribution in [1.82, 2.24) is 15.5 Å². The van der Waals surface area contributed by atoms with Crippen molar-refractivity contribution in [1.29, 1.82) is 0 Å². The lowest BCUT2D eigenvalue weighted by Gasteiger charge is -2.08. The van der Waals surface area contributed by atoms with Crippen molar-refractivity contribution in [2.75, 3.05) is 0 Å². The standard InChI is InChI=1S/C13H15N3O2/c1-9(6-7-12(18)14-8-17)13-10-4-2-3-5-11(10)15-16-13/h2-5,8-9H,6-7H2,1H3,(H,15,16)(H,14,17,18). The highest BCUT2D eigenvalue weighted by molar-refractivity contribution is 5.86. The zero-order chi connectivity index (χ0) is 13.0. The molecule has 1 unspecified atom stereocenters. The third-order valence-electron chi connectivity index (χ3n) is 3.01. The summed E-state index contributed by atoms with van der Waals surface area (Å²) in [7, 11) is 0. The fraction of sp³-hybridized carbons (Fsp3) is 0.308. The molecule has 18 heavy (non-hydrogen) atoms. The normalized spacial score (nSPS) is 12.3. The summed E-state index contributed by atoms with van der Waals surface area (Å²) in [5.41, 5.74) is 1.96. The number of hydrogen-bond acceptors (Lipinski definition) is 3. The van der Waals surface area contributed by atoms with Gasteiger partial charge in [0.1, 0.15) is 0 Å². The molecule has 0 radical (unpaired) electrons. The number of fused-ring (bicyclic) bond motifs is 1. The van der Waals surface area contributed by atoms with E-state index >= 15 is 0 Å². The molecule has 5 heteroatoms. The Balaban J connectivity index is 2.07. The van der Waals surface area contributed by atoms with Gasteiger partial charge in [0.15, 0.2) is 0 Å². The Morgan fingerprint density at radius 1 is 1.50 bits per heavy atom. The number of rotatable bonds is 5. The molecule has 0 bridgehead atoms. The molecule has 1 aromatic heterocycles. The van der Waals surface area contributed by atoms with Crippen LogP contribution in [0, 0.1) is 0 Å². The van der Waals surface area contributed by atoms with E-state index < -0.39 is 0 Å². The molecule has 0 spiro atoms. The second kappa shape index (κ2) is 5.44. The Morgan fingerprint density at radius 2 is 2.28 bits per heavy atom. The van der Waals surface area contributed by atoms with Gasteiger partial charge in [0.2, 0.25) is 12.3 Å². The summed E-state index contributed by atoms with van der Waals surface area (Å²) < 4.78 is 0. The SMILES string of the molecule is CC(CCC(=O)NC=O)c1[nH]nc2ccccc12. The van der Waals surface area contributed by atoms with E-state index in [2.05, 4.69) is 15.5 Å². The van der Waals surface area contributed by atoms with Crippen molar-refractivity contribution >= 4 is 23.2 Å². The van der Waals surface area contributed by atoms with Gasteiger partial charge in [-0.15, -0.1) is 0 Å². The lowest BCUT2D eigenvalue weighted by atomic mass is 9.98. The fourth-order valence-corrected chi connectivity index (χ4v) is 1.99. The Labute approximate surface area is 105 Å². The summed E-state index contributed by atoms with van der Waals surface area (Å²) in [6, 6.07) is 7.86. The molecule has 2 amide bonds. The van der Waals surface area contributed by atoms with Gasteiger partial charge in [-0.2, -0.15) is 5.10 Å². The number of hydrogen-bond donors (Lipinski definition) is 2. The summed E-state index contributed by atoms with van der Waals surface area (Å²) in [6.45, 7) is 2.04. The second-order valence-corrected chi connectivity index (χ2v) is 4.28. The molecule has 1 aromatic carbocycles. The van der Waals surface area contributed by atoms with Crippen LogP contribution in [0.15, 0.2) is 24.3 Å². The van der Waals surface area contributed by atoms with Gasteiger partial charge >= 0.3 is 0 Å². The number of aromatic nitrogens is 2. The minimum atomic E-state index is -0.249. The molecular formula is C13H15N3O2. The first-order valence-corrected chi connectivity index (χ1v) is 5.88. The van der Waals surface area contributed by atoms with E-state index in [9.17, 15) is 9.59 Å². The van der Waals surface area contributed by atoms with Gasteiger partial charge in [0.05, 0.1) is 5.52 Å². The minimum Gasteiger partial charge on any atom is -0.299 e. The van der Waals surface area contributed by atoms with E-state index in [1.54, 1.807) is 0 Å². The third kappa shape index (κ3) is 2.56. The average Bonchev–Trinajstić information content (AvgIpc) is 2.80. The lowest BCUT2D eigenvalue weighted by molar-refractivity contribution is -0.125. The van der Waals surface area contributed by atoms with Crippen molar-refractivity contribution in [2.24, 2.45) is 0 Å². The number of nitrogens with one attached hydrogen (secondary N) is 2. The number of aromatic amines is 1. The molecule has 0 aliphatic rings. The molecule has 1 atom stereocenters. The van der Waals surface area contributed by atoms with Crippen LogP contribution in [0.4, 0.5) is 0 Å². The van der Waals surface area contributed by atoms with Crippen LogP contribution in [0.1, 0.15) is 31.4 Å². The zero-order valence-corrected chi connectivity index (χ0v) is 10.1. The highest BCUT2D eigenvalue weighted by Gasteiger charge is 2.13. The van der Waals surface area contributed by atoms with Crippen LogP contribution in [0.5, 0.6) is 0 Å². The van der Waals surface area contributed by atoms with Crippen molar-refractivity contribution in [2.45, 2.75) is 25.7 Å². The van der Waals surface area contributed by atoms with E-state index in [-0.39, 0.29) is 11.8 Å². The predicted molar refractivity (Wildman–Crippen MR) is 67.9 cm³/mol. The van der Waals surface area contributed by atoms with E-state index in [1.807, 2.05) is 31.2 Å². The molecule has 0 aliphatic heterocycles. The Morgan fingerprint density at radius 3 is 3.06 bits per heavy atom. The minimum absolute atomic E-state index is 0.190. The van der Waals surface area contributed by atoms with E-state index in [4.69, 9.17) is 0 Å². The van der Waals surface area contributed by atoms with Crippen LogP contribution in [0.25, 0.3) is 10.9 Å². The monoisotopic (exact) mass is 245 g/mol. The van der Waals surface area contributed by atoms with Crippen LogP contribution < -0.4 is 5.32 Å². The summed E-state index contributed by atoms with van der Waals surface area (Å²) >= 11 is 0. The number of benzene rings is 1. The fourth-order valence-electron chi connectivity index (χ4n) is 1.99. The van der Waals surface area contributed by atoms with Crippen LogP contribution in [-0.4, -0.2) is 22.5 Å². The molecule has 0 saturated heterocycles. The highest BCUT2D eigenvalue weighted by Crippen LogP contribution is 2.25. The van der Waals surface area contributed by atoms with Gasteiger partial charge in [-0.05, 0) is 18.4 Å². The van der Waals surface area contributed by atoms with Crippen LogP contribution in [0.2, 0.25) is 0 Å². The lowest BCUT2D eigenvalue weighted by Crippen LogP contribution is -2.21. The summed E-state index contributed by atoms with van der Waals surface area (Å²) in [5, 5.41) is 10.5. The zero-order valence-electron chi connectivity index (χ0n) is 10.1. The Bertz CT molecular complexity index is 562. The van der Waals surface area contributed by atoms with Gasteiger partial charge in [0.25, 0.3) is 0 Å². The Kier molecular flexibility index (Phi) is 3.72. The van der Waals surface area contributed by atoms with Crippen molar-refractivity contribution < 1.29 is 9.59 Å². The first-order valence-electron chi connectivity index (χ1n) is 5.88. The van der Waals surface area contributed by atoms with Crippen LogP contribution in [-0.2, 0) is 9.59 Å². The molecule has 2 rings (SSSR count). The average molecular weight is 245 g/mol. The number of imide groups is 1. The van der Waals surface area contributed by atoms with Gasteiger partial charge in [-0.1, -0.05) is 25.1 Å². The largest absolute Gasteiger partial charge is 0.299 e. The number of carbonyl (C=O) groups is 2. The summed E-state index contributed by atoms with van der Waals surface area (Å²) in [4.78, 5) is 21.3. The second-order valence-electron chi connectivity index (χ2n) is 4.28. The van der Waals surface area contributed by atoms with E-state index in [0.717, 1.165) is 16.6 Å². The van der Waals surface area contributed by atoms with E-state index in [0.29, 0.717) is 19.3 Å². The molecule has 5 nitrogen and oxygen atoms in total.